The minimum atomic E-state index is -0.464. The van der Waals surface area contributed by atoms with E-state index >= 15 is 0 Å². The highest BCUT2D eigenvalue weighted by Crippen LogP contribution is 2.33. The normalized spacial score (nSPS) is 16.1. The molecule has 0 radical (unpaired) electrons. The molecule has 120 valence electrons. The Bertz CT molecular complexity index is 861. The summed E-state index contributed by atoms with van der Waals surface area (Å²) in [5.74, 6) is -0.895. The molecule has 3 nitrogen and oxygen atoms in total. The van der Waals surface area contributed by atoms with Crippen molar-refractivity contribution in [2.75, 3.05) is 0 Å². The summed E-state index contributed by atoms with van der Waals surface area (Å²) in [7, 11) is 0. The average Bonchev–Trinajstić information content (AvgIpc) is 2.83. The number of thioether (sulfide) groups is 1. The molecule has 0 aliphatic carbocycles. The van der Waals surface area contributed by atoms with Gasteiger partial charge < -0.3 is 0 Å². The number of carbonyl (C=O) groups is 2. The van der Waals surface area contributed by atoms with E-state index in [1.54, 1.807) is 54.6 Å². The number of thiocarbonyl (C=S) groups is 1. The second-order valence-electron chi connectivity index (χ2n) is 4.88. The van der Waals surface area contributed by atoms with E-state index in [9.17, 15) is 9.59 Å². The highest BCUT2D eigenvalue weighted by molar-refractivity contribution is 8.26. The topological polar surface area (TPSA) is 37.4 Å². The predicted molar refractivity (Wildman–Crippen MR) is 102 cm³/mol. The molecule has 0 spiro atoms. The van der Waals surface area contributed by atoms with Gasteiger partial charge in [-0.15, -0.1) is 0 Å². The molecule has 0 saturated carbocycles. The minimum Gasteiger partial charge on any atom is -0.268 e. The number of imide groups is 1. The Morgan fingerprint density at radius 3 is 2.12 bits per heavy atom. The van der Waals surface area contributed by atoms with Crippen molar-refractivity contribution in [2.45, 2.75) is 0 Å². The first-order valence-corrected chi connectivity index (χ1v) is 8.77. The number of halogens is 2. The minimum absolute atomic E-state index is 0.208. The Hall–Kier alpha value is -1.66. The summed E-state index contributed by atoms with van der Waals surface area (Å²) in [6, 6.07) is 13.3. The summed E-state index contributed by atoms with van der Waals surface area (Å²) in [6.07, 6.45) is 1.69. The third-order valence-corrected chi connectivity index (χ3v) is 5.06. The van der Waals surface area contributed by atoms with Gasteiger partial charge in [0.2, 0.25) is 0 Å². The molecular formula is C17H9Cl2NO2S2. The summed E-state index contributed by atoms with van der Waals surface area (Å²) >= 11 is 18.0. The molecule has 0 aromatic heterocycles. The van der Waals surface area contributed by atoms with Crippen LogP contribution in [-0.4, -0.2) is 21.0 Å². The molecule has 0 N–H and O–H groups in total. The van der Waals surface area contributed by atoms with Gasteiger partial charge in [-0.05, 0) is 48.0 Å². The molecule has 3 rings (SSSR count). The first-order chi connectivity index (χ1) is 11.5. The third-order valence-electron chi connectivity index (χ3n) is 3.26. The zero-order chi connectivity index (χ0) is 17.3. The zero-order valence-corrected chi connectivity index (χ0v) is 15.2. The van der Waals surface area contributed by atoms with E-state index in [4.69, 9.17) is 35.4 Å². The number of nitrogens with zero attached hydrogens (tertiary/aromatic N) is 1. The fraction of sp³-hybridized carbons (Fsp3) is 0. The maximum absolute atomic E-state index is 12.5. The maximum atomic E-state index is 12.5. The lowest BCUT2D eigenvalue weighted by Crippen LogP contribution is -2.34. The Morgan fingerprint density at radius 2 is 1.54 bits per heavy atom. The van der Waals surface area contributed by atoms with Gasteiger partial charge >= 0.3 is 0 Å². The lowest BCUT2D eigenvalue weighted by molar-refractivity contribution is -0.120. The molecule has 2 aromatic carbocycles. The van der Waals surface area contributed by atoms with Crippen molar-refractivity contribution in [1.29, 1.82) is 0 Å². The van der Waals surface area contributed by atoms with Crippen molar-refractivity contribution in [3.8, 4) is 0 Å². The van der Waals surface area contributed by atoms with Crippen molar-refractivity contribution in [3.05, 3.63) is 74.6 Å². The van der Waals surface area contributed by atoms with Gasteiger partial charge in [-0.1, -0.05) is 59.3 Å². The van der Waals surface area contributed by atoms with Gasteiger partial charge in [0.15, 0.2) is 4.32 Å². The highest BCUT2D eigenvalue weighted by atomic mass is 35.5. The fourth-order valence-corrected chi connectivity index (χ4v) is 3.58. The zero-order valence-electron chi connectivity index (χ0n) is 12.0. The Morgan fingerprint density at radius 1 is 1.00 bits per heavy atom. The lowest BCUT2D eigenvalue weighted by Gasteiger charge is -2.12. The van der Waals surface area contributed by atoms with E-state index in [-0.39, 0.29) is 4.32 Å². The summed E-state index contributed by atoms with van der Waals surface area (Å²) < 4.78 is 0.208. The quantitative estimate of drug-likeness (QED) is 0.407. The van der Waals surface area contributed by atoms with Crippen LogP contribution >= 0.6 is 47.2 Å². The summed E-state index contributed by atoms with van der Waals surface area (Å²) in [5.41, 5.74) is 1.15. The van der Waals surface area contributed by atoms with Crippen LogP contribution in [-0.2, 0) is 4.79 Å². The summed E-state index contributed by atoms with van der Waals surface area (Å²) in [5, 5.41) is 1.12. The first-order valence-electron chi connectivity index (χ1n) is 6.79. The Labute approximate surface area is 158 Å². The van der Waals surface area contributed by atoms with Crippen molar-refractivity contribution < 1.29 is 9.59 Å². The standard InChI is InChI=1S/C17H9Cl2NO2S2/c18-12-5-1-10(2-6-12)9-14-16(22)20(17(23)24-14)15(21)11-3-7-13(19)8-4-11/h1-9H/b14-9-. The van der Waals surface area contributed by atoms with E-state index in [0.29, 0.717) is 20.5 Å². The van der Waals surface area contributed by atoms with E-state index in [1.807, 2.05) is 0 Å². The van der Waals surface area contributed by atoms with Gasteiger partial charge in [0.05, 0.1) is 4.91 Å². The summed E-state index contributed by atoms with van der Waals surface area (Å²) in [4.78, 5) is 26.5. The third kappa shape index (κ3) is 3.54. The van der Waals surface area contributed by atoms with Crippen LogP contribution in [0.15, 0.2) is 53.4 Å². The number of hydrogen-bond acceptors (Lipinski definition) is 4. The molecule has 1 saturated heterocycles. The fourth-order valence-electron chi connectivity index (χ4n) is 2.07. The summed E-state index contributed by atoms with van der Waals surface area (Å²) in [6.45, 7) is 0. The second kappa shape index (κ2) is 7.07. The van der Waals surface area contributed by atoms with Crippen molar-refractivity contribution in [3.63, 3.8) is 0 Å². The molecule has 2 aromatic rings. The van der Waals surface area contributed by atoms with Crippen LogP contribution in [0.5, 0.6) is 0 Å². The van der Waals surface area contributed by atoms with Gasteiger partial charge in [-0.2, -0.15) is 0 Å². The van der Waals surface area contributed by atoms with Crippen LogP contribution in [0.1, 0.15) is 15.9 Å². The van der Waals surface area contributed by atoms with E-state index in [0.717, 1.165) is 22.2 Å². The van der Waals surface area contributed by atoms with Crippen LogP contribution in [0.4, 0.5) is 0 Å². The molecule has 2 amide bonds. The molecule has 1 fully saturated rings. The van der Waals surface area contributed by atoms with Gasteiger partial charge in [0, 0.05) is 15.6 Å². The predicted octanol–water partition coefficient (Wildman–Crippen LogP) is 5.04. The molecule has 0 atom stereocenters. The number of amides is 2. The van der Waals surface area contributed by atoms with Crippen LogP contribution in [0.2, 0.25) is 10.0 Å². The number of benzene rings is 2. The van der Waals surface area contributed by atoms with E-state index < -0.39 is 11.8 Å². The van der Waals surface area contributed by atoms with Gasteiger partial charge in [-0.25, -0.2) is 4.90 Å². The molecule has 1 heterocycles. The molecule has 1 aliphatic heterocycles. The van der Waals surface area contributed by atoms with E-state index in [1.165, 1.54) is 0 Å². The maximum Gasteiger partial charge on any atom is 0.273 e. The van der Waals surface area contributed by atoms with Gasteiger partial charge in [0.25, 0.3) is 11.8 Å². The molecular weight excluding hydrogens is 385 g/mol. The van der Waals surface area contributed by atoms with Crippen LogP contribution in [0, 0.1) is 0 Å². The Balaban J connectivity index is 1.87. The molecule has 24 heavy (non-hydrogen) atoms. The second-order valence-corrected chi connectivity index (χ2v) is 7.43. The van der Waals surface area contributed by atoms with Gasteiger partial charge in [0.1, 0.15) is 0 Å². The van der Waals surface area contributed by atoms with Crippen molar-refractivity contribution >= 4 is 69.4 Å². The van der Waals surface area contributed by atoms with E-state index in [2.05, 4.69) is 0 Å². The number of carbonyl (C=O) groups excluding carboxylic acids is 2. The van der Waals surface area contributed by atoms with Crippen molar-refractivity contribution in [2.24, 2.45) is 0 Å². The molecule has 0 unspecified atom stereocenters. The van der Waals surface area contributed by atoms with Crippen LogP contribution in [0.3, 0.4) is 0 Å². The average molecular weight is 394 g/mol. The Kier molecular flexibility index (Phi) is 5.06. The molecule has 0 bridgehead atoms. The van der Waals surface area contributed by atoms with Crippen LogP contribution < -0.4 is 0 Å². The molecule has 1 aliphatic rings. The number of rotatable bonds is 2. The monoisotopic (exact) mass is 393 g/mol. The largest absolute Gasteiger partial charge is 0.273 e. The smallest absolute Gasteiger partial charge is 0.268 e. The first kappa shape index (κ1) is 17.2. The number of hydrogen-bond donors (Lipinski definition) is 0. The molecule has 7 heteroatoms. The lowest BCUT2D eigenvalue weighted by atomic mass is 10.2. The van der Waals surface area contributed by atoms with Crippen molar-refractivity contribution in [1.82, 2.24) is 4.90 Å². The van der Waals surface area contributed by atoms with Gasteiger partial charge in [-0.3, -0.25) is 9.59 Å². The SMILES string of the molecule is O=C1/C(=C/c2ccc(Cl)cc2)SC(=S)N1C(=O)c1ccc(Cl)cc1. The van der Waals surface area contributed by atoms with Crippen LogP contribution in [0.25, 0.3) is 6.08 Å². The highest BCUT2D eigenvalue weighted by Gasteiger charge is 2.37.